The van der Waals surface area contributed by atoms with Crippen molar-refractivity contribution in [1.82, 2.24) is 0 Å². The Bertz CT molecular complexity index is 1650. The van der Waals surface area contributed by atoms with Crippen LogP contribution in [0.3, 0.4) is 0 Å². The minimum absolute atomic E-state index is 0.104. The summed E-state index contributed by atoms with van der Waals surface area (Å²) < 4.78 is 67.9. The molecule has 0 aliphatic carbocycles. The van der Waals surface area contributed by atoms with E-state index in [1.807, 2.05) is 0 Å². The number of aliphatic hydroxyl groups is 1. The zero-order valence-electron chi connectivity index (χ0n) is 54.2. The van der Waals surface area contributed by atoms with Crippen LogP contribution in [0.4, 0.5) is 0 Å². The second kappa shape index (κ2) is 57.5. The van der Waals surface area contributed by atoms with Gasteiger partial charge in [-0.3, -0.25) is 37.3 Å². The van der Waals surface area contributed by atoms with Crippen LogP contribution >= 0.6 is 15.6 Å². The molecular weight excluding hydrogens is 1110 g/mol. The van der Waals surface area contributed by atoms with Crippen molar-refractivity contribution in [3.63, 3.8) is 0 Å². The molecule has 3 unspecified atom stereocenters. The lowest BCUT2D eigenvalue weighted by atomic mass is 9.99. The Labute approximate surface area is 511 Å². The molecule has 0 bridgehead atoms. The molecule has 0 fully saturated rings. The minimum atomic E-state index is -4.94. The normalized spacial score (nSPS) is 14.6. The highest BCUT2D eigenvalue weighted by Gasteiger charge is 2.30. The fourth-order valence-electron chi connectivity index (χ4n) is 9.68. The van der Waals surface area contributed by atoms with Crippen LogP contribution < -0.4 is 0 Å². The molecule has 0 saturated heterocycles. The third-order valence-corrected chi connectivity index (χ3v) is 17.2. The summed E-state index contributed by atoms with van der Waals surface area (Å²) >= 11 is 0. The van der Waals surface area contributed by atoms with E-state index in [2.05, 4.69) is 41.5 Å². The molecule has 0 aromatic heterocycles. The molecule has 0 heterocycles. The lowest BCUT2D eigenvalue weighted by Crippen LogP contribution is -2.30. The van der Waals surface area contributed by atoms with Crippen LogP contribution in [0.25, 0.3) is 0 Å². The van der Waals surface area contributed by atoms with E-state index in [9.17, 15) is 43.2 Å². The topological polar surface area (TPSA) is 237 Å². The van der Waals surface area contributed by atoms with Gasteiger partial charge in [0.05, 0.1) is 26.4 Å². The quantitative estimate of drug-likeness (QED) is 0.0222. The number of hydrogen-bond donors (Lipinski definition) is 3. The van der Waals surface area contributed by atoms with Gasteiger partial charge in [0.15, 0.2) is 12.2 Å². The second-order valence-corrected chi connectivity index (χ2v) is 27.1. The molecule has 17 nitrogen and oxygen atoms in total. The summed E-state index contributed by atoms with van der Waals surface area (Å²) in [7, 11) is -9.88. The Morgan fingerprint density at radius 2 is 0.607 bits per heavy atom. The van der Waals surface area contributed by atoms with Gasteiger partial charge in [-0.1, -0.05) is 273 Å². The molecule has 0 aromatic rings. The maximum Gasteiger partial charge on any atom is 0.472 e. The number of esters is 4. The van der Waals surface area contributed by atoms with Crippen LogP contribution in [-0.2, 0) is 65.4 Å². The van der Waals surface area contributed by atoms with Crippen LogP contribution in [0.15, 0.2) is 0 Å². The number of ether oxygens (including phenoxy) is 4. The van der Waals surface area contributed by atoms with E-state index >= 15 is 0 Å². The van der Waals surface area contributed by atoms with Crippen LogP contribution in [0.5, 0.6) is 0 Å². The highest BCUT2D eigenvalue weighted by atomic mass is 31.2. The van der Waals surface area contributed by atoms with Crippen LogP contribution in [-0.4, -0.2) is 96.7 Å². The molecule has 0 radical (unpaired) electrons. The number of aliphatic hydroxyl groups excluding tert-OH is 1. The molecule has 498 valence electrons. The number of carbonyl (C=O) groups excluding carboxylic acids is 4. The first-order valence-corrected chi connectivity index (χ1v) is 37.0. The highest BCUT2D eigenvalue weighted by Crippen LogP contribution is 2.45. The van der Waals surface area contributed by atoms with Gasteiger partial charge >= 0.3 is 39.5 Å². The zero-order chi connectivity index (χ0) is 62.2. The standard InChI is InChI=1S/C65H126O17P2/c1-7-10-12-14-15-16-17-18-21-24-30-36-42-48-63(68)76-54-61(82-64(69)49-43-37-31-25-22-19-20-23-28-34-39-45-57(4)5)56-80-84(73,74)78-52-59(66)51-77-83(71,72)79-55-60(53-75-62(67)47-41-33-13-11-8-2)81-65(70)50-44-38-32-27-26-29-35-40-46-58(6)9-3/h57-61,66H,7-56H2,1-6H3,(H,71,72)(H,73,74)/t58?,59-,60+,61+/m0/s1. The molecular formula is C65H126O17P2. The summed E-state index contributed by atoms with van der Waals surface area (Å²) in [6.07, 6.45) is 40.5. The Balaban J connectivity index is 5.18. The largest absolute Gasteiger partial charge is 0.472 e. The molecule has 0 amide bonds. The molecule has 0 aromatic carbocycles. The summed E-state index contributed by atoms with van der Waals surface area (Å²) in [5.74, 6) is -0.607. The van der Waals surface area contributed by atoms with E-state index in [0.29, 0.717) is 25.7 Å². The Morgan fingerprint density at radius 3 is 0.905 bits per heavy atom. The lowest BCUT2D eigenvalue weighted by Gasteiger charge is -2.21. The monoisotopic (exact) mass is 1240 g/mol. The molecule has 19 heteroatoms. The van der Waals surface area contributed by atoms with Gasteiger partial charge in [0, 0.05) is 25.7 Å². The van der Waals surface area contributed by atoms with Gasteiger partial charge in [-0.15, -0.1) is 0 Å². The molecule has 3 N–H and O–H groups in total. The smallest absolute Gasteiger partial charge is 0.462 e. The first-order valence-electron chi connectivity index (χ1n) is 34.0. The molecule has 0 aliphatic heterocycles. The number of unbranched alkanes of at least 4 members (excludes halogenated alkanes) is 33. The Kier molecular flexibility index (Phi) is 56.2. The molecule has 0 aliphatic rings. The molecule has 84 heavy (non-hydrogen) atoms. The Morgan fingerprint density at radius 1 is 0.345 bits per heavy atom. The molecule has 0 saturated carbocycles. The predicted octanol–water partition coefficient (Wildman–Crippen LogP) is 18.0. The molecule has 6 atom stereocenters. The van der Waals surface area contributed by atoms with E-state index in [1.165, 1.54) is 135 Å². The Hall–Kier alpha value is -1.94. The number of carbonyl (C=O) groups is 4. The van der Waals surface area contributed by atoms with E-state index in [-0.39, 0.29) is 25.7 Å². The highest BCUT2D eigenvalue weighted by molar-refractivity contribution is 7.47. The third-order valence-electron chi connectivity index (χ3n) is 15.3. The van der Waals surface area contributed by atoms with Gasteiger partial charge in [0.25, 0.3) is 0 Å². The number of rotatable bonds is 64. The summed E-state index contributed by atoms with van der Waals surface area (Å²) in [5.41, 5.74) is 0. The molecule has 0 rings (SSSR count). The van der Waals surface area contributed by atoms with Gasteiger partial charge in [-0.25, -0.2) is 9.13 Å². The van der Waals surface area contributed by atoms with Crippen molar-refractivity contribution in [2.45, 2.75) is 342 Å². The van der Waals surface area contributed by atoms with Crippen molar-refractivity contribution >= 4 is 39.5 Å². The lowest BCUT2D eigenvalue weighted by molar-refractivity contribution is -0.161. The number of hydrogen-bond acceptors (Lipinski definition) is 15. The van der Waals surface area contributed by atoms with Crippen molar-refractivity contribution < 1.29 is 80.2 Å². The summed E-state index contributed by atoms with van der Waals surface area (Å²) in [5, 5.41) is 10.5. The fraction of sp³-hybridized carbons (Fsp3) is 0.938. The summed E-state index contributed by atoms with van der Waals surface area (Å²) in [6, 6.07) is 0. The maximum atomic E-state index is 13.0. The van der Waals surface area contributed by atoms with Crippen molar-refractivity contribution in [1.29, 1.82) is 0 Å². The SMILES string of the molecule is CCCCCCCCCCCCCCCC(=O)OC[C@H](COP(=O)(O)OC[C@@H](O)COP(=O)(O)OC[C@@H](COC(=O)CCCCCCC)OC(=O)CCCCCCCCCCC(C)CC)OC(=O)CCCCCCCCCCCCCC(C)C. The average Bonchev–Trinajstić information content (AvgIpc) is 3.53. The summed E-state index contributed by atoms with van der Waals surface area (Å²) in [6.45, 7) is 9.42. The van der Waals surface area contributed by atoms with Crippen molar-refractivity contribution in [3.05, 3.63) is 0 Å². The maximum absolute atomic E-state index is 13.0. The molecule has 0 spiro atoms. The summed E-state index contributed by atoms with van der Waals surface area (Å²) in [4.78, 5) is 72.1. The van der Waals surface area contributed by atoms with Crippen LogP contribution in [0.1, 0.15) is 324 Å². The van der Waals surface area contributed by atoms with Gasteiger partial charge < -0.3 is 33.8 Å². The van der Waals surface area contributed by atoms with E-state index in [1.54, 1.807) is 0 Å². The second-order valence-electron chi connectivity index (χ2n) is 24.2. The van der Waals surface area contributed by atoms with E-state index in [0.717, 1.165) is 108 Å². The van der Waals surface area contributed by atoms with Crippen molar-refractivity contribution in [2.75, 3.05) is 39.6 Å². The van der Waals surface area contributed by atoms with Crippen molar-refractivity contribution in [2.24, 2.45) is 11.8 Å². The fourth-order valence-corrected chi connectivity index (χ4v) is 11.3. The van der Waals surface area contributed by atoms with Crippen LogP contribution in [0, 0.1) is 11.8 Å². The minimum Gasteiger partial charge on any atom is -0.462 e. The van der Waals surface area contributed by atoms with E-state index in [4.69, 9.17) is 37.0 Å². The van der Waals surface area contributed by atoms with Gasteiger partial charge in [0.2, 0.25) is 0 Å². The number of phosphoric acid groups is 2. The first kappa shape index (κ1) is 82.1. The van der Waals surface area contributed by atoms with Gasteiger partial charge in [-0.05, 0) is 37.5 Å². The third kappa shape index (κ3) is 57.8. The first-order chi connectivity index (χ1) is 40.4. The van der Waals surface area contributed by atoms with Gasteiger partial charge in [0.1, 0.15) is 19.3 Å². The number of phosphoric ester groups is 2. The zero-order valence-corrected chi connectivity index (χ0v) is 56.0. The average molecular weight is 1240 g/mol. The van der Waals surface area contributed by atoms with Crippen LogP contribution in [0.2, 0.25) is 0 Å². The van der Waals surface area contributed by atoms with E-state index < -0.39 is 97.5 Å². The van der Waals surface area contributed by atoms with Crippen molar-refractivity contribution in [3.8, 4) is 0 Å². The predicted molar refractivity (Wildman–Crippen MR) is 335 cm³/mol. The van der Waals surface area contributed by atoms with Gasteiger partial charge in [-0.2, -0.15) is 0 Å².